The van der Waals surface area contributed by atoms with Crippen LogP contribution in [0.2, 0.25) is 0 Å². The molecule has 0 bridgehead atoms. The Morgan fingerprint density at radius 3 is 2.64 bits per heavy atom. The number of amides is 1. The molecule has 0 aromatic heterocycles. The highest BCUT2D eigenvalue weighted by Gasteiger charge is 2.21. The summed E-state index contributed by atoms with van der Waals surface area (Å²) >= 11 is 0. The smallest absolute Gasteiger partial charge is 0.223 e. The van der Waals surface area contributed by atoms with Gasteiger partial charge in [-0.3, -0.25) is 4.79 Å². The summed E-state index contributed by atoms with van der Waals surface area (Å²) in [6, 6.07) is 10.2. The van der Waals surface area contributed by atoms with Crippen molar-refractivity contribution in [2.24, 2.45) is 5.92 Å². The zero-order chi connectivity index (χ0) is 15.8. The third kappa shape index (κ3) is 5.78. The highest BCUT2D eigenvalue weighted by atomic mass is 16.5. The SMILES string of the molecule is CN(C)CCN(Cc1ccccc1)C(=O)C[C@@H]1CCCOC1. The first kappa shape index (κ1) is 17.0. The number of likely N-dealkylation sites (N-methyl/N-ethyl adjacent to an activating group) is 1. The lowest BCUT2D eigenvalue weighted by molar-refractivity contribution is -0.134. The van der Waals surface area contributed by atoms with Crippen molar-refractivity contribution >= 4 is 5.91 Å². The summed E-state index contributed by atoms with van der Waals surface area (Å²) in [6.07, 6.45) is 2.80. The molecule has 1 aromatic carbocycles. The van der Waals surface area contributed by atoms with Crippen molar-refractivity contribution in [1.29, 1.82) is 0 Å². The molecule has 122 valence electrons. The third-order valence-corrected chi connectivity index (χ3v) is 4.10. The molecule has 1 aromatic rings. The van der Waals surface area contributed by atoms with Gasteiger partial charge in [-0.25, -0.2) is 0 Å². The van der Waals surface area contributed by atoms with E-state index in [9.17, 15) is 4.79 Å². The average Bonchev–Trinajstić information content (AvgIpc) is 2.53. The highest BCUT2D eigenvalue weighted by Crippen LogP contribution is 2.19. The van der Waals surface area contributed by atoms with E-state index < -0.39 is 0 Å². The van der Waals surface area contributed by atoms with Gasteiger partial charge >= 0.3 is 0 Å². The van der Waals surface area contributed by atoms with E-state index in [0.29, 0.717) is 18.9 Å². The Labute approximate surface area is 134 Å². The van der Waals surface area contributed by atoms with Crippen LogP contribution in [-0.2, 0) is 16.1 Å². The largest absolute Gasteiger partial charge is 0.381 e. The van der Waals surface area contributed by atoms with Crippen LogP contribution in [0.3, 0.4) is 0 Å². The Kier molecular flexibility index (Phi) is 6.87. The van der Waals surface area contributed by atoms with Gasteiger partial charge in [-0.1, -0.05) is 30.3 Å². The molecule has 1 aliphatic heterocycles. The maximum atomic E-state index is 12.7. The van der Waals surface area contributed by atoms with Gasteiger partial charge in [0.25, 0.3) is 0 Å². The topological polar surface area (TPSA) is 32.8 Å². The Bertz CT molecular complexity index is 442. The van der Waals surface area contributed by atoms with E-state index in [1.165, 1.54) is 5.56 Å². The van der Waals surface area contributed by atoms with Crippen LogP contribution in [0.5, 0.6) is 0 Å². The summed E-state index contributed by atoms with van der Waals surface area (Å²) in [6.45, 7) is 3.94. The number of hydrogen-bond acceptors (Lipinski definition) is 3. The molecule has 0 radical (unpaired) electrons. The zero-order valence-electron chi connectivity index (χ0n) is 13.8. The van der Waals surface area contributed by atoms with Gasteiger partial charge in [0.05, 0.1) is 0 Å². The fraction of sp³-hybridized carbons (Fsp3) is 0.611. The van der Waals surface area contributed by atoms with Crippen LogP contribution >= 0.6 is 0 Å². The molecule has 4 heteroatoms. The van der Waals surface area contributed by atoms with E-state index >= 15 is 0 Å². The molecule has 22 heavy (non-hydrogen) atoms. The van der Waals surface area contributed by atoms with Gasteiger partial charge in [0.15, 0.2) is 0 Å². The van der Waals surface area contributed by atoms with Crippen molar-refractivity contribution in [3.63, 3.8) is 0 Å². The summed E-state index contributed by atoms with van der Waals surface area (Å²) in [7, 11) is 4.08. The van der Waals surface area contributed by atoms with Crippen molar-refractivity contribution in [3.8, 4) is 0 Å². The number of rotatable bonds is 7. The number of ether oxygens (including phenoxy) is 1. The van der Waals surface area contributed by atoms with E-state index in [1.54, 1.807) is 0 Å². The van der Waals surface area contributed by atoms with E-state index in [1.807, 2.05) is 37.2 Å². The molecule has 1 saturated heterocycles. The predicted octanol–water partition coefficient (Wildman–Crippen LogP) is 2.39. The van der Waals surface area contributed by atoms with Gasteiger partial charge in [-0.2, -0.15) is 0 Å². The Morgan fingerprint density at radius 1 is 1.23 bits per heavy atom. The van der Waals surface area contributed by atoms with Crippen LogP contribution in [0.15, 0.2) is 30.3 Å². The van der Waals surface area contributed by atoms with Crippen molar-refractivity contribution in [2.45, 2.75) is 25.8 Å². The van der Waals surface area contributed by atoms with Gasteiger partial charge in [-0.05, 0) is 38.4 Å². The minimum Gasteiger partial charge on any atom is -0.381 e. The van der Waals surface area contributed by atoms with E-state index in [0.717, 1.165) is 39.1 Å². The summed E-state index contributed by atoms with van der Waals surface area (Å²) in [5.41, 5.74) is 1.19. The van der Waals surface area contributed by atoms with Gasteiger partial charge in [0.1, 0.15) is 0 Å². The maximum absolute atomic E-state index is 12.7. The molecular formula is C18H28N2O2. The second-order valence-electron chi connectivity index (χ2n) is 6.39. The molecule has 0 N–H and O–H groups in total. The van der Waals surface area contributed by atoms with Crippen LogP contribution < -0.4 is 0 Å². The number of benzene rings is 1. The number of carbonyl (C=O) groups excluding carboxylic acids is 1. The molecule has 0 spiro atoms. The minimum atomic E-state index is 0.251. The van der Waals surface area contributed by atoms with E-state index in [4.69, 9.17) is 4.74 Å². The fourth-order valence-corrected chi connectivity index (χ4v) is 2.76. The van der Waals surface area contributed by atoms with E-state index in [2.05, 4.69) is 17.0 Å². The lowest BCUT2D eigenvalue weighted by atomic mass is 9.98. The quantitative estimate of drug-likeness (QED) is 0.775. The Hall–Kier alpha value is -1.39. The maximum Gasteiger partial charge on any atom is 0.223 e. The lowest BCUT2D eigenvalue weighted by Gasteiger charge is -2.28. The summed E-state index contributed by atoms with van der Waals surface area (Å²) < 4.78 is 5.50. The molecule has 0 saturated carbocycles. The average molecular weight is 304 g/mol. The second-order valence-corrected chi connectivity index (χ2v) is 6.39. The van der Waals surface area contributed by atoms with Crippen LogP contribution in [0.1, 0.15) is 24.8 Å². The molecule has 1 atom stereocenters. The first-order chi connectivity index (χ1) is 10.6. The summed E-state index contributed by atoms with van der Waals surface area (Å²) in [4.78, 5) is 16.8. The normalized spacial score (nSPS) is 18.4. The number of nitrogens with zero attached hydrogens (tertiary/aromatic N) is 2. The van der Waals surface area contributed by atoms with Crippen LogP contribution in [0.25, 0.3) is 0 Å². The van der Waals surface area contributed by atoms with Gasteiger partial charge in [-0.15, -0.1) is 0 Å². The lowest BCUT2D eigenvalue weighted by Crippen LogP contribution is -2.37. The zero-order valence-corrected chi connectivity index (χ0v) is 13.8. The minimum absolute atomic E-state index is 0.251. The van der Waals surface area contributed by atoms with Crippen LogP contribution in [-0.4, -0.2) is 56.1 Å². The first-order valence-corrected chi connectivity index (χ1v) is 8.19. The van der Waals surface area contributed by atoms with Crippen molar-refractivity contribution in [2.75, 3.05) is 40.4 Å². The molecule has 2 rings (SSSR count). The van der Waals surface area contributed by atoms with Crippen LogP contribution in [0.4, 0.5) is 0 Å². The predicted molar refractivity (Wildman–Crippen MR) is 88.6 cm³/mol. The molecule has 1 amide bonds. The number of carbonyl (C=O) groups is 1. The molecule has 4 nitrogen and oxygen atoms in total. The summed E-state index contributed by atoms with van der Waals surface area (Å²) in [5, 5.41) is 0. The van der Waals surface area contributed by atoms with Gasteiger partial charge in [0.2, 0.25) is 5.91 Å². The molecule has 1 aliphatic rings. The standard InChI is InChI=1S/C18H28N2O2/c1-19(2)10-11-20(14-16-7-4-3-5-8-16)18(21)13-17-9-6-12-22-15-17/h3-5,7-8,17H,6,9-15H2,1-2H3/t17-/m0/s1. The Morgan fingerprint density at radius 2 is 2.00 bits per heavy atom. The monoisotopic (exact) mass is 304 g/mol. The van der Waals surface area contributed by atoms with Crippen LogP contribution in [0, 0.1) is 5.92 Å². The van der Waals surface area contributed by atoms with Gasteiger partial charge < -0.3 is 14.5 Å². The van der Waals surface area contributed by atoms with E-state index in [-0.39, 0.29) is 5.91 Å². The van der Waals surface area contributed by atoms with Crippen molar-refractivity contribution in [1.82, 2.24) is 9.80 Å². The first-order valence-electron chi connectivity index (χ1n) is 8.19. The summed E-state index contributed by atoms with van der Waals surface area (Å²) in [5.74, 6) is 0.639. The number of hydrogen-bond donors (Lipinski definition) is 0. The highest BCUT2D eigenvalue weighted by molar-refractivity contribution is 5.76. The molecule has 1 fully saturated rings. The molecule has 1 heterocycles. The fourth-order valence-electron chi connectivity index (χ4n) is 2.76. The third-order valence-electron chi connectivity index (χ3n) is 4.10. The second kappa shape index (κ2) is 8.91. The van der Waals surface area contributed by atoms with Gasteiger partial charge in [0, 0.05) is 39.3 Å². The van der Waals surface area contributed by atoms with Crippen molar-refractivity contribution in [3.05, 3.63) is 35.9 Å². The molecule has 0 unspecified atom stereocenters. The van der Waals surface area contributed by atoms with Crippen molar-refractivity contribution < 1.29 is 9.53 Å². The molecular weight excluding hydrogens is 276 g/mol. The molecule has 0 aliphatic carbocycles. The Balaban J connectivity index is 1.94.